The summed E-state index contributed by atoms with van der Waals surface area (Å²) in [5, 5.41) is 7.00. The number of rotatable bonds is 7. The first-order valence-corrected chi connectivity index (χ1v) is 9.26. The summed E-state index contributed by atoms with van der Waals surface area (Å²) in [5.74, 6) is 1.93. The minimum Gasteiger partial charge on any atom is -0.497 e. The van der Waals surface area contributed by atoms with E-state index in [0.717, 1.165) is 22.6 Å². The molecule has 1 aromatic carbocycles. The Morgan fingerprint density at radius 1 is 1.39 bits per heavy atom. The maximum Gasteiger partial charge on any atom is 0.257 e. The number of amides is 1. The molecule has 2 aromatic heterocycles. The predicted octanol–water partition coefficient (Wildman–Crippen LogP) is 3.96. The smallest absolute Gasteiger partial charge is 0.257 e. The molecule has 0 saturated carbocycles. The fourth-order valence-corrected chi connectivity index (χ4v) is 3.36. The van der Waals surface area contributed by atoms with Crippen LogP contribution in [0.3, 0.4) is 0 Å². The number of hydrogen-bond acceptors (Lipinski definition) is 5. The van der Waals surface area contributed by atoms with Crippen molar-refractivity contribution in [2.24, 2.45) is 5.92 Å². The van der Waals surface area contributed by atoms with Gasteiger partial charge in [-0.3, -0.25) is 4.79 Å². The highest BCUT2D eigenvalue weighted by molar-refractivity contribution is 5.96. The van der Waals surface area contributed by atoms with Crippen LogP contribution in [0.1, 0.15) is 47.5 Å². The van der Waals surface area contributed by atoms with E-state index in [2.05, 4.69) is 35.5 Å². The molecule has 0 fully saturated rings. The summed E-state index contributed by atoms with van der Waals surface area (Å²) in [5.41, 5.74) is 2.82. The second kappa shape index (κ2) is 7.88. The van der Waals surface area contributed by atoms with Crippen molar-refractivity contribution in [2.45, 2.75) is 40.3 Å². The molecule has 0 spiro atoms. The van der Waals surface area contributed by atoms with Crippen LogP contribution in [-0.4, -0.2) is 27.7 Å². The molecule has 0 saturated heterocycles. The molecule has 0 bridgehead atoms. The lowest BCUT2D eigenvalue weighted by molar-refractivity contribution is 0.0920. The van der Waals surface area contributed by atoms with Gasteiger partial charge in [0.2, 0.25) is 0 Å². The van der Waals surface area contributed by atoms with Crippen molar-refractivity contribution in [1.29, 1.82) is 0 Å². The fourth-order valence-electron chi connectivity index (χ4n) is 3.36. The zero-order valence-corrected chi connectivity index (χ0v) is 16.9. The number of carbonyl (C=O) groups is 1. The topological polar surface area (TPSA) is 82.2 Å². The minimum absolute atomic E-state index is 0.117. The molecule has 3 rings (SSSR count). The quantitative estimate of drug-likeness (QED) is 0.626. The van der Waals surface area contributed by atoms with E-state index in [9.17, 15) is 4.79 Å². The van der Waals surface area contributed by atoms with Crippen molar-refractivity contribution in [3.05, 3.63) is 53.7 Å². The number of allylic oxidation sites excluding steroid dienone is 1. The molecule has 0 aliphatic rings. The highest BCUT2D eigenvalue weighted by Gasteiger charge is 2.27. The van der Waals surface area contributed by atoms with Crippen LogP contribution < -0.4 is 10.1 Å². The normalized spacial score (nSPS) is 12.4. The molecule has 3 aromatic rings. The third kappa shape index (κ3) is 3.52. The number of benzene rings is 1. The van der Waals surface area contributed by atoms with E-state index in [1.165, 1.54) is 0 Å². The molecule has 2 heterocycles. The van der Waals surface area contributed by atoms with Crippen LogP contribution in [0.4, 0.5) is 0 Å². The largest absolute Gasteiger partial charge is 0.497 e. The molecule has 0 aliphatic heterocycles. The molecule has 28 heavy (non-hydrogen) atoms. The number of nitrogens with zero attached hydrogens (tertiary/aromatic N) is 3. The summed E-state index contributed by atoms with van der Waals surface area (Å²) >= 11 is 0. The average Bonchev–Trinajstić information content (AvgIpc) is 3.19. The van der Waals surface area contributed by atoms with Gasteiger partial charge < -0.3 is 19.1 Å². The molecule has 1 atom stereocenters. The van der Waals surface area contributed by atoms with Gasteiger partial charge in [0.15, 0.2) is 0 Å². The van der Waals surface area contributed by atoms with Crippen molar-refractivity contribution < 1.29 is 14.1 Å². The molecule has 1 amide bonds. The summed E-state index contributed by atoms with van der Waals surface area (Å²) in [6.45, 7) is 12.0. The van der Waals surface area contributed by atoms with Gasteiger partial charge in [-0.2, -0.15) is 0 Å². The molecule has 148 valence electrons. The third-order valence-corrected chi connectivity index (χ3v) is 4.79. The highest BCUT2D eigenvalue weighted by atomic mass is 16.5. The lowest BCUT2D eigenvalue weighted by Crippen LogP contribution is -2.34. The van der Waals surface area contributed by atoms with E-state index in [4.69, 9.17) is 14.2 Å². The maximum atomic E-state index is 12.9. The first kappa shape index (κ1) is 19.7. The molecule has 7 heteroatoms. The van der Waals surface area contributed by atoms with E-state index in [1.807, 2.05) is 24.3 Å². The van der Waals surface area contributed by atoms with Crippen molar-refractivity contribution >= 4 is 16.9 Å². The predicted molar refractivity (Wildman–Crippen MR) is 108 cm³/mol. The Balaban J connectivity index is 2.06. The molecular weight excluding hydrogens is 356 g/mol. The molecule has 7 nitrogen and oxygen atoms in total. The highest BCUT2D eigenvalue weighted by Crippen LogP contribution is 2.29. The van der Waals surface area contributed by atoms with Gasteiger partial charge in [-0.15, -0.1) is 6.58 Å². The van der Waals surface area contributed by atoms with Crippen LogP contribution in [0.2, 0.25) is 0 Å². The average molecular weight is 382 g/mol. The van der Waals surface area contributed by atoms with Crippen molar-refractivity contribution in [3.8, 4) is 5.75 Å². The lowest BCUT2D eigenvalue weighted by atomic mass is 10.0. The molecule has 0 aliphatic carbocycles. The standard InChI is InChI=1S/C21H26N4O3/c1-7-10-25-17-11-15(27-6)8-9-16(17)22-20(25)19(12(2)3)23-21(26)18-13(4)24-28-14(18)5/h7-9,11-12,19H,1,10H2,2-6H3,(H,23,26). The van der Waals surface area contributed by atoms with Crippen molar-refractivity contribution in [2.75, 3.05) is 7.11 Å². The Kier molecular flexibility index (Phi) is 5.53. The number of aromatic nitrogens is 3. The Morgan fingerprint density at radius 2 is 2.14 bits per heavy atom. The molecule has 0 radical (unpaired) electrons. The SMILES string of the molecule is C=CCn1c(C(NC(=O)c2c(C)noc2C)C(C)C)nc2ccc(OC)cc21. The van der Waals surface area contributed by atoms with Gasteiger partial charge in [-0.1, -0.05) is 25.1 Å². The number of aryl methyl sites for hydroxylation is 2. The van der Waals surface area contributed by atoms with E-state index in [0.29, 0.717) is 23.6 Å². The minimum atomic E-state index is -0.292. The second-order valence-corrected chi connectivity index (χ2v) is 7.12. The Morgan fingerprint density at radius 3 is 2.71 bits per heavy atom. The molecule has 1 unspecified atom stereocenters. The zero-order valence-electron chi connectivity index (χ0n) is 16.9. The van der Waals surface area contributed by atoms with E-state index in [-0.39, 0.29) is 17.9 Å². The monoisotopic (exact) mass is 382 g/mol. The number of imidazole rings is 1. The summed E-state index contributed by atoms with van der Waals surface area (Å²) in [7, 11) is 1.64. The number of carbonyl (C=O) groups excluding carboxylic acids is 1. The van der Waals surface area contributed by atoms with Crippen LogP contribution in [-0.2, 0) is 6.54 Å². The number of methoxy groups -OCH3 is 1. The van der Waals surface area contributed by atoms with E-state index in [1.54, 1.807) is 21.0 Å². The van der Waals surface area contributed by atoms with Crippen LogP contribution in [0.5, 0.6) is 5.75 Å². The Hall–Kier alpha value is -3.09. The van der Waals surface area contributed by atoms with Crippen molar-refractivity contribution in [3.63, 3.8) is 0 Å². The fraction of sp³-hybridized carbons (Fsp3) is 0.381. The first-order chi connectivity index (χ1) is 13.4. The van der Waals surface area contributed by atoms with Gasteiger partial charge in [0.05, 0.1) is 29.9 Å². The maximum absolute atomic E-state index is 12.9. The summed E-state index contributed by atoms with van der Waals surface area (Å²) < 4.78 is 12.6. The van der Waals surface area contributed by atoms with E-state index < -0.39 is 0 Å². The lowest BCUT2D eigenvalue weighted by Gasteiger charge is -2.23. The van der Waals surface area contributed by atoms with Gasteiger partial charge in [0.25, 0.3) is 5.91 Å². The molecule has 1 N–H and O–H groups in total. The van der Waals surface area contributed by atoms with Crippen LogP contribution in [0, 0.1) is 19.8 Å². The van der Waals surface area contributed by atoms with Gasteiger partial charge in [-0.05, 0) is 31.9 Å². The summed E-state index contributed by atoms with van der Waals surface area (Å²) in [4.78, 5) is 17.7. The first-order valence-electron chi connectivity index (χ1n) is 9.26. The third-order valence-electron chi connectivity index (χ3n) is 4.79. The van der Waals surface area contributed by atoms with Crippen LogP contribution in [0.15, 0.2) is 35.4 Å². The number of hydrogen-bond donors (Lipinski definition) is 1. The number of ether oxygens (including phenoxy) is 1. The van der Waals surface area contributed by atoms with Crippen LogP contribution in [0.25, 0.3) is 11.0 Å². The Labute approximate surface area is 164 Å². The van der Waals surface area contributed by atoms with Crippen molar-refractivity contribution in [1.82, 2.24) is 20.0 Å². The summed E-state index contributed by atoms with van der Waals surface area (Å²) in [6, 6.07) is 5.46. The van der Waals surface area contributed by atoms with E-state index >= 15 is 0 Å². The second-order valence-electron chi connectivity index (χ2n) is 7.12. The Bertz CT molecular complexity index is 997. The number of fused-ring (bicyclic) bond motifs is 1. The summed E-state index contributed by atoms with van der Waals surface area (Å²) in [6.07, 6.45) is 1.82. The van der Waals surface area contributed by atoms with Gasteiger partial charge in [0.1, 0.15) is 22.9 Å². The number of nitrogens with one attached hydrogen (secondary N) is 1. The van der Waals surface area contributed by atoms with Gasteiger partial charge in [-0.25, -0.2) is 4.98 Å². The van der Waals surface area contributed by atoms with Gasteiger partial charge >= 0.3 is 0 Å². The van der Waals surface area contributed by atoms with Gasteiger partial charge in [0, 0.05) is 12.6 Å². The zero-order chi connectivity index (χ0) is 20.4. The van der Waals surface area contributed by atoms with Crippen LogP contribution >= 0.6 is 0 Å². The molecular formula is C21H26N4O3.